The van der Waals surface area contributed by atoms with Gasteiger partial charge < -0.3 is 14.7 Å². The monoisotopic (exact) mass is 429 g/mol. The Bertz CT molecular complexity index is 816. The third kappa shape index (κ3) is 5.25. The average Bonchev–Trinajstić information content (AvgIpc) is 2.78. The van der Waals surface area contributed by atoms with Crippen LogP contribution in [0.5, 0.6) is 0 Å². The lowest BCUT2D eigenvalue weighted by molar-refractivity contribution is -0.159. The Morgan fingerprint density at radius 3 is 2.39 bits per heavy atom. The molecule has 0 unspecified atom stereocenters. The van der Waals surface area contributed by atoms with E-state index in [0.717, 1.165) is 12.8 Å². The van der Waals surface area contributed by atoms with E-state index in [1.165, 1.54) is 49.1 Å². The van der Waals surface area contributed by atoms with Crippen molar-refractivity contribution >= 4 is 17.7 Å². The van der Waals surface area contributed by atoms with Crippen LogP contribution in [0, 0.1) is 11.7 Å². The summed E-state index contributed by atoms with van der Waals surface area (Å²) in [5.74, 6) is -0.572. The van der Waals surface area contributed by atoms with Gasteiger partial charge in [-0.15, -0.1) is 0 Å². The van der Waals surface area contributed by atoms with E-state index in [2.05, 4.69) is 0 Å². The molecule has 3 amide bonds. The average molecular weight is 430 g/mol. The van der Waals surface area contributed by atoms with Gasteiger partial charge in [-0.25, -0.2) is 4.39 Å². The van der Waals surface area contributed by atoms with Gasteiger partial charge >= 0.3 is 11.8 Å². The van der Waals surface area contributed by atoms with Gasteiger partial charge in [-0.1, -0.05) is 31.4 Å². The van der Waals surface area contributed by atoms with Gasteiger partial charge in [-0.05, 0) is 49.3 Å². The molecule has 31 heavy (non-hydrogen) atoms. The smallest absolute Gasteiger partial charge is 0.312 e. The van der Waals surface area contributed by atoms with Crippen molar-refractivity contribution in [2.75, 3.05) is 26.2 Å². The first kappa shape index (κ1) is 21.8. The van der Waals surface area contributed by atoms with Crippen molar-refractivity contribution in [3.05, 3.63) is 35.6 Å². The zero-order chi connectivity index (χ0) is 21.8. The fourth-order valence-electron chi connectivity index (χ4n) is 5.24. The van der Waals surface area contributed by atoms with E-state index in [1.807, 2.05) is 4.90 Å². The Morgan fingerprint density at radius 1 is 0.935 bits per heavy atom. The van der Waals surface area contributed by atoms with Crippen LogP contribution < -0.4 is 0 Å². The molecule has 3 aliphatic rings. The van der Waals surface area contributed by atoms with E-state index in [0.29, 0.717) is 44.1 Å². The fraction of sp³-hybridized carbons (Fsp3) is 0.625. The Morgan fingerprint density at radius 2 is 1.68 bits per heavy atom. The second-order valence-corrected chi connectivity index (χ2v) is 9.18. The minimum Gasteiger partial charge on any atom is -0.343 e. The van der Waals surface area contributed by atoms with Crippen LogP contribution in [0.2, 0.25) is 0 Å². The van der Waals surface area contributed by atoms with Crippen molar-refractivity contribution < 1.29 is 18.8 Å². The predicted octanol–water partition coefficient (Wildman–Crippen LogP) is 2.96. The molecule has 4 rings (SSSR count). The number of halogens is 1. The van der Waals surface area contributed by atoms with Crippen LogP contribution in [-0.4, -0.2) is 64.6 Å². The zero-order valence-electron chi connectivity index (χ0n) is 18.1. The van der Waals surface area contributed by atoms with Crippen LogP contribution in [0.15, 0.2) is 24.3 Å². The molecule has 0 bridgehead atoms. The number of hydrogen-bond donors (Lipinski definition) is 0. The van der Waals surface area contributed by atoms with Crippen LogP contribution in [0.25, 0.3) is 0 Å². The van der Waals surface area contributed by atoms with Crippen molar-refractivity contribution in [1.82, 2.24) is 14.7 Å². The highest BCUT2D eigenvalue weighted by Crippen LogP contribution is 2.28. The molecule has 168 valence electrons. The maximum Gasteiger partial charge on any atom is 0.312 e. The number of benzene rings is 1. The van der Waals surface area contributed by atoms with Gasteiger partial charge in [0.05, 0.1) is 0 Å². The number of carbonyl (C=O) groups excluding carboxylic acids is 3. The van der Waals surface area contributed by atoms with E-state index in [9.17, 15) is 18.8 Å². The normalized spacial score (nSPS) is 21.6. The minimum absolute atomic E-state index is 0.00602. The lowest BCUT2D eigenvalue weighted by atomic mass is 9.86. The molecular weight excluding hydrogens is 397 g/mol. The van der Waals surface area contributed by atoms with E-state index < -0.39 is 11.8 Å². The van der Waals surface area contributed by atoms with Gasteiger partial charge in [-0.3, -0.25) is 14.4 Å². The summed E-state index contributed by atoms with van der Waals surface area (Å²) in [5, 5.41) is 0. The first-order valence-electron chi connectivity index (χ1n) is 11.6. The van der Waals surface area contributed by atoms with Crippen LogP contribution in [-0.2, 0) is 20.9 Å². The highest BCUT2D eigenvalue weighted by Gasteiger charge is 2.38. The van der Waals surface area contributed by atoms with Crippen molar-refractivity contribution in [3.63, 3.8) is 0 Å². The summed E-state index contributed by atoms with van der Waals surface area (Å²) in [6.07, 6.45) is 8.19. The number of amides is 3. The van der Waals surface area contributed by atoms with E-state index in [4.69, 9.17) is 0 Å². The van der Waals surface area contributed by atoms with Gasteiger partial charge in [0.15, 0.2) is 0 Å². The van der Waals surface area contributed by atoms with Crippen molar-refractivity contribution in [1.29, 1.82) is 0 Å². The van der Waals surface area contributed by atoms with Crippen LogP contribution in [0.4, 0.5) is 4.39 Å². The topological polar surface area (TPSA) is 60.9 Å². The number of piperidine rings is 1. The summed E-state index contributed by atoms with van der Waals surface area (Å²) in [5.41, 5.74) is 0.680. The van der Waals surface area contributed by atoms with Crippen LogP contribution >= 0.6 is 0 Å². The minimum atomic E-state index is -0.522. The summed E-state index contributed by atoms with van der Waals surface area (Å²) in [6.45, 7) is 2.48. The molecule has 0 radical (unpaired) electrons. The maximum absolute atomic E-state index is 13.4. The van der Waals surface area contributed by atoms with Gasteiger partial charge in [0.2, 0.25) is 5.91 Å². The highest BCUT2D eigenvalue weighted by atomic mass is 19.1. The highest BCUT2D eigenvalue weighted by molar-refractivity contribution is 6.35. The molecule has 0 atom stereocenters. The predicted molar refractivity (Wildman–Crippen MR) is 114 cm³/mol. The van der Waals surface area contributed by atoms with Crippen molar-refractivity contribution in [2.45, 2.75) is 64.0 Å². The number of piperazine rings is 1. The molecule has 0 aromatic heterocycles. The standard InChI is InChI=1S/C24H32FN3O3/c25-20-8-4-7-19(15-20)17-27-13-14-28(24(31)23(27)30)21-9-11-26(12-10-21)22(29)16-18-5-2-1-3-6-18/h4,7-8,15,18,21H,1-3,5-6,9-14,16-17H2. The molecule has 2 heterocycles. The third-order valence-corrected chi connectivity index (χ3v) is 7.05. The second-order valence-electron chi connectivity index (χ2n) is 9.18. The van der Waals surface area contributed by atoms with Gasteiger partial charge in [0.1, 0.15) is 5.82 Å². The Labute approximate surface area is 183 Å². The van der Waals surface area contributed by atoms with Crippen LogP contribution in [0.3, 0.4) is 0 Å². The van der Waals surface area contributed by atoms with Gasteiger partial charge in [-0.2, -0.15) is 0 Å². The first-order chi connectivity index (χ1) is 15.0. The summed E-state index contributed by atoms with van der Waals surface area (Å²) >= 11 is 0. The molecule has 7 heteroatoms. The molecule has 0 spiro atoms. The summed E-state index contributed by atoms with van der Waals surface area (Å²) in [4.78, 5) is 43.2. The number of carbonyl (C=O) groups is 3. The number of nitrogens with zero attached hydrogens (tertiary/aromatic N) is 3. The fourth-order valence-corrected chi connectivity index (χ4v) is 5.24. The molecule has 1 aliphatic carbocycles. The SMILES string of the molecule is O=C(CC1CCCCC1)N1CCC(N2CCN(Cc3cccc(F)c3)C(=O)C2=O)CC1. The summed E-state index contributed by atoms with van der Waals surface area (Å²) in [6, 6.07) is 6.13. The van der Waals surface area contributed by atoms with Crippen molar-refractivity contribution in [2.24, 2.45) is 5.92 Å². The third-order valence-electron chi connectivity index (χ3n) is 7.05. The quantitative estimate of drug-likeness (QED) is 0.676. The van der Waals surface area contributed by atoms with Gasteiger partial charge in [0.25, 0.3) is 0 Å². The number of rotatable bonds is 5. The van der Waals surface area contributed by atoms with E-state index in [1.54, 1.807) is 17.0 Å². The molecule has 2 aliphatic heterocycles. The molecule has 1 aromatic carbocycles. The van der Waals surface area contributed by atoms with E-state index in [-0.39, 0.29) is 24.3 Å². The number of likely N-dealkylation sites (tertiary alicyclic amines) is 1. The first-order valence-corrected chi connectivity index (χ1v) is 11.6. The van der Waals surface area contributed by atoms with E-state index >= 15 is 0 Å². The summed E-state index contributed by atoms with van der Waals surface area (Å²) < 4.78 is 13.4. The van der Waals surface area contributed by atoms with Crippen LogP contribution in [0.1, 0.15) is 56.9 Å². The van der Waals surface area contributed by atoms with Gasteiger partial charge in [0, 0.05) is 45.2 Å². The number of hydrogen-bond acceptors (Lipinski definition) is 3. The largest absolute Gasteiger partial charge is 0.343 e. The Hall–Kier alpha value is -2.44. The maximum atomic E-state index is 13.4. The zero-order valence-corrected chi connectivity index (χ0v) is 18.1. The molecule has 6 nitrogen and oxygen atoms in total. The lowest BCUT2D eigenvalue weighted by Crippen LogP contribution is -2.59. The molecule has 0 N–H and O–H groups in total. The molecule has 1 saturated carbocycles. The Balaban J connectivity index is 1.27. The summed E-state index contributed by atoms with van der Waals surface area (Å²) in [7, 11) is 0. The Kier molecular flexibility index (Phi) is 6.88. The molecular formula is C24H32FN3O3. The van der Waals surface area contributed by atoms with Crippen molar-refractivity contribution in [3.8, 4) is 0 Å². The molecule has 1 aromatic rings. The lowest BCUT2D eigenvalue weighted by Gasteiger charge is -2.42. The second kappa shape index (κ2) is 9.79. The molecule has 3 fully saturated rings. The molecule has 2 saturated heterocycles.